The first-order valence-corrected chi connectivity index (χ1v) is 6.61. The van der Waals surface area contributed by atoms with Gasteiger partial charge in [0.05, 0.1) is 12.5 Å². The molecule has 0 radical (unpaired) electrons. The number of aliphatic carboxylic acids is 1. The summed E-state index contributed by atoms with van der Waals surface area (Å²) in [5, 5.41) is 11.4. The molecule has 0 aromatic heterocycles. The quantitative estimate of drug-likeness (QED) is 0.672. The summed E-state index contributed by atoms with van der Waals surface area (Å²) in [6.45, 7) is 0.467. The van der Waals surface area contributed by atoms with Crippen LogP contribution in [0.4, 0.5) is 5.69 Å². The average Bonchev–Trinajstić information content (AvgIpc) is 2.95. The number of nitrogens with two attached hydrogens (primary N) is 1. The Morgan fingerprint density at radius 2 is 1.95 bits per heavy atom. The normalized spacial score (nSPS) is 17.5. The first-order valence-electron chi connectivity index (χ1n) is 6.61. The minimum absolute atomic E-state index is 0.143. The van der Waals surface area contributed by atoms with Crippen LogP contribution >= 0.6 is 0 Å². The van der Waals surface area contributed by atoms with Gasteiger partial charge < -0.3 is 21.1 Å². The number of carboxylic acid groups (broad SMARTS) is 1. The highest BCUT2D eigenvalue weighted by molar-refractivity contribution is 5.96. The van der Waals surface area contributed by atoms with Crippen LogP contribution in [-0.2, 0) is 9.59 Å². The van der Waals surface area contributed by atoms with Crippen molar-refractivity contribution >= 4 is 23.5 Å². The molecule has 21 heavy (non-hydrogen) atoms. The highest BCUT2D eigenvalue weighted by Gasteiger charge is 2.30. The summed E-state index contributed by atoms with van der Waals surface area (Å²) in [4.78, 5) is 36.0. The van der Waals surface area contributed by atoms with Crippen molar-refractivity contribution < 1.29 is 19.5 Å². The number of hydrogen-bond acceptors (Lipinski definition) is 4. The molecule has 1 heterocycles. The predicted molar refractivity (Wildman–Crippen MR) is 75.5 cm³/mol. The van der Waals surface area contributed by atoms with Crippen molar-refractivity contribution in [2.45, 2.75) is 6.42 Å². The van der Waals surface area contributed by atoms with Gasteiger partial charge in [-0.15, -0.1) is 0 Å². The average molecular weight is 291 g/mol. The molecule has 0 bridgehead atoms. The van der Waals surface area contributed by atoms with Gasteiger partial charge in [-0.2, -0.15) is 0 Å². The Kier molecular flexibility index (Phi) is 4.42. The number of nitrogen functional groups attached to an aromatic ring is 1. The lowest BCUT2D eigenvalue weighted by molar-refractivity contribution is -0.141. The van der Waals surface area contributed by atoms with Gasteiger partial charge in [0.15, 0.2) is 0 Å². The summed E-state index contributed by atoms with van der Waals surface area (Å²) in [7, 11) is 0. The predicted octanol–water partition coefficient (Wildman–Crippen LogP) is -0.0683. The number of nitrogens with one attached hydrogen (secondary N) is 1. The maximum absolute atomic E-state index is 11.9. The maximum atomic E-state index is 11.9. The monoisotopic (exact) mass is 291 g/mol. The van der Waals surface area contributed by atoms with Crippen molar-refractivity contribution in [3.05, 3.63) is 29.8 Å². The summed E-state index contributed by atoms with van der Waals surface area (Å²) in [6, 6.07) is 6.36. The molecule has 0 spiro atoms. The first kappa shape index (κ1) is 14.8. The Morgan fingerprint density at radius 3 is 2.52 bits per heavy atom. The smallest absolute Gasteiger partial charge is 0.308 e. The third-order valence-electron chi connectivity index (χ3n) is 3.46. The molecule has 7 heteroatoms. The van der Waals surface area contributed by atoms with Crippen molar-refractivity contribution in [3.8, 4) is 0 Å². The molecule has 7 nitrogen and oxygen atoms in total. The van der Waals surface area contributed by atoms with Crippen LogP contribution in [0.3, 0.4) is 0 Å². The van der Waals surface area contributed by atoms with Crippen molar-refractivity contribution in [1.82, 2.24) is 10.2 Å². The van der Waals surface area contributed by atoms with Gasteiger partial charge in [0.1, 0.15) is 0 Å². The lowest BCUT2D eigenvalue weighted by Gasteiger charge is -2.16. The Bertz CT molecular complexity index is 556. The summed E-state index contributed by atoms with van der Waals surface area (Å²) < 4.78 is 0. The number of carbonyl (C=O) groups is 3. The van der Waals surface area contributed by atoms with Crippen LogP contribution in [0.2, 0.25) is 0 Å². The Balaban J connectivity index is 1.83. The van der Waals surface area contributed by atoms with Crippen LogP contribution in [0.25, 0.3) is 0 Å². The van der Waals surface area contributed by atoms with E-state index in [0.29, 0.717) is 24.2 Å². The van der Waals surface area contributed by atoms with Gasteiger partial charge in [-0.3, -0.25) is 14.4 Å². The topological polar surface area (TPSA) is 113 Å². The highest BCUT2D eigenvalue weighted by Crippen LogP contribution is 2.16. The number of carbonyl (C=O) groups excluding carboxylic acids is 2. The molecule has 1 atom stereocenters. The Hall–Kier alpha value is -2.57. The number of rotatable bonds is 4. The van der Waals surface area contributed by atoms with Gasteiger partial charge in [0.25, 0.3) is 5.91 Å². The van der Waals surface area contributed by atoms with Crippen LogP contribution in [-0.4, -0.2) is 47.4 Å². The second kappa shape index (κ2) is 6.25. The van der Waals surface area contributed by atoms with Gasteiger partial charge >= 0.3 is 5.97 Å². The second-order valence-electron chi connectivity index (χ2n) is 4.97. The third-order valence-corrected chi connectivity index (χ3v) is 3.46. The van der Waals surface area contributed by atoms with E-state index in [0.717, 1.165) is 0 Å². The molecule has 1 aromatic rings. The Labute approximate surface area is 121 Å². The summed E-state index contributed by atoms with van der Waals surface area (Å²) in [6.07, 6.45) is 0.451. The SMILES string of the molecule is Nc1ccc(C(=O)NCC(=O)N2CCC(C(=O)O)C2)cc1. The summed E-state index contributed by atoms with van der Waals surface area (Å²) in [5.74, 6) is -2.04. The molecule has 1 aliphatic heterocycles. The first-order chi connectivity index (χ1) is 9.97. The number of nitrogens with zero attached hydrogens (tertiary/aromatic N) is 1. The van der Waals surface area contributed by atoms with Gasteiger partial charge in [-0.25, -0.2) is 0 Å². The number of anilines is 1. The molecule has 0 saturated carbocycles. The molecule has 1 aliphatic rings. The molecule has 2 rings (SSSR count). The summed E-state index contributed by atoms with van der Waals surface area (Å²) in [5.41, 5.74) is 6.50. The molecule has 0 aliphatic carbocycles. The maximum Gasteiger partial charge on any atom is 0.308 e. The van der Waals surface area contributed by atoms with Crippen molar-refractivity contribution in [3.63, 3.8) is 0 Å². The molecule has 1 unspecified atom stereocenters. The fraction of sp³-hybridized carbons (Fsp3) is 0.357. The second-order valence-corrected chi connectivity index (χ2v) is 4.97. The van der Waals surface area contributed by atoms with Crippen molar-refractivity contribution in [2.75, 3.05) is 25.4 Å². The number of amides is 2. The van der Waals surface area contributed by atoms with E-state index in [9.17, 15) is 14.4 Å². The fourth-order valence-electron chi connectivity index (χ4n) is 2.19. The van der Waals surface area contributed by atoms with Crippen LogP contribution in [0.15, 0.2) is 24.3 Å². The standard InChI is InChI=1S/C14H17N3O4/c15-11-3-1-9(2-4-11)13(19)16-7-12(18)17-6-5-10(8-17)14(20)21/h1-4,10H,5-8,15H2,(H,16,19)(H,20,21). The lowest BCUT2D eigenvalue weighted by atomic mass is 10.1. The van der Waals surface area contributed by atoms with Crippen LogP contribution in [0.1, 0.15) is 16.8 Å². The molecule has 112 valence electrons. The highest BCUT2D eigenvalue weighted by atomic mass is 16.4. The molecule has 1 aromatic carbocycles. The number of carboxylic acids is 1. The molecule has 2 amide bonds. The molecular weight excluding hydrogens is 274 g/mol. The number of likely N-dealkylation sites (tertiary alicyclic amines) is 1. The molecular formula is C14H17N3O4. The third kappa shape index (κ3) is 3.71. The molecule has 1 saturated heterocycles. The fourth-order valence-corrected chi connectivity index (χ4v) is 2.19. The van der Waals surface area contributed by atoms with E-state index in [4.69, 9.17) is 10.8 Å². The van der Waals surface area contributed by atoms with Gasteiger partial charge in [0.2, 0.25) is 5.91 Å². The Morgan fingerprint density at radius 1 is 1.29 bits per heavy atom. The van der Waals surface area contributed by atoms with Crippen LogP contribution in [0.5, 0.6) is 0 Å². The van der Waals surface area contributed by atoms with Crippen molar-refractivity contribution in [2.24, 2.45) is 5.92 Å². The number of benzene rings is 1. The number of hydrogen-bond donors (Lipinski definition) is 3. The minimum Gasteiger partial charge on any atom is -0.481 e. The van der Waals surface area contributed by atoms with E-state index in [1.54, 1.807) is 24.3 Å². The van der Waals surface area contributed by atoms with Gasteiger partial charge in [-0.1, -0.05) is 0 Å². The zero-order valence-electron chi connectivity index (χ0n) is 11.4. The van der Waals surface area contributed by atoms with Crippen LogP contribution in [0, 0.1) is 5.92 Å². The zero-order valence-corrected chi connectivity index (χ0v) is 11.4. The van der Waals surface area contributed by atoms with E-state index < -0.39 is 11.9 Å². The summed E-state index contributed by atoms with van der Waals surface area (Å²) >= 11 is 0. The zero-order chi connectivity index (χ0) is 15.4. The van der Waals surface area contributed by atoms with Crippen LogP contribution < -0.4 is 11.1 Å². The van der Waals surface area contributed by atoms with E-state index >= 15 is 0 Å². The van der Waals surface area contributed by atoms with E-state index in [2.05, 4.69) is 5.32 Å². The van der Waals surface area contributed by atoms with Gasteiger partial charge in [-0.05, 0) is 30.7 Å². The minimum atomic E-state index is -0.892. The van der Waals surface area contributed by atoms with E-state index in [-0.39, 0.29) is 24.9 Å². The lowest BCUT2D eigenvalue weighted by Crippen LogP contribution is -2.39. The van der Waals surface area contributed by atoms with Gasteiger partial charge in [0, 0.05) is 24.3 Å². The largest absolute Gasteiger partial charge is 0.481 e. The molecule has 1 fully saturated rings. The van der Waals surface area contributed by atoms with Crippen molar-refractivity contribution in [1.29, 1.82) is 0 Å². The van der Waals surface area contributed by atoms with E-state index in [1.807, 2.05) is 0 Å². The molecule has 4 N–H and O–H groups in total. The van der Waals surface area contributed by atoms with E-state index in [1.165, 1.54) is 4.90 Å².